The number of amides is 2. The van der Waals surface area contributed by atoms with E-state index in [1.54, 1.807) is 38.1 Å². The average molecular weight is 339 g/mol. The molecular weight excluding hydrogens is 318 g/mol. The third-order valence-corrected chi connectivity index (χ3v) is 6.16. The number of Topliss-reactive ketones (excluding diaryl/α,β-unsaturated/α-hetero) is 1. The SMILES string of the molecule is CC1=CC2C3C(=O)N(c4ccccc4)C(=O)C3C1C(=O)C2(O)C(C)C. The molecule has 1 aromatic rings. The van der Waals surface area contributed by atoms with E-state index in [4.69, 9.17) is 0 Å². The number of allylic oxidation sites excluding steroid dienone is 1. The number of fused-ring (bicyclic) bond motifs is 1. The summed E-state index contributed by atoms with van der Waals surface area (Å²) in [6.45, 7) is 5.38. The topological polar surface area (TPSA) is 74.7 Å². The van der Waals surface area contributed by atoms with E-state index in [-0.39, 0.29) is 23.5 Å². The number of imide groups is 1. The third kappa shape index (κ3) is 1.84. The minimum absolute atomic E-state index is 0.313. The fraction of sp³-hybridized carbons (Fsp3) is 0.450. The van der Waals surface area contributed by atoms with Gasteiger partial charge >= 0.3 is 0 Å². The second-order valence-electron chi connectivity index (χ2n) is 7.66. The van der Waals surface area contributed by atoms with E-state index >= 15 is 0 Å². The quantitative estimate of drug-likeness (QED) is 0.660. The zero-order valence-corrected chi connectivity index (χ0v) is 14.5. The number of carbonyl (C=O) groups is 3. The highest BCUT2D eigenvalue weighted by molar-refractivity contribution is 6.24. The Balaban J connectivity index is 1.86. The summed E-state index contributed by atoms with van der Waals surface area (Å²) >= 11 is 0. The Bertz CT molecular complexity index is 812. The molecule has 5 atom stereocenters. The van der Waals surface area contributed by atoms with Crippen molar-refractivity contribution in [2.45, 2.75) is 26.4 Å². The second-order valence-corrected chi connectivity index (χ2v) is 7.66. The lowest BCUT2D eigenvalue weighted by atomic mass is 9.51. The molecule has 1 aromatic carbocycles. The first kappa shape index (κ1) is 16.2. The summed E-state index contributed by atoms with van der Waals surface area (Å²) in [5.74, 6) is -4.03. The second kappa shape index (κ2) is 5.11. The van der Waals surface area contributed by atoms with Crippen molar-refractivity contribution < 1.29 is 19.5 Å². The number of aliphatic hydroxyl groups is 1. The molecule has 130 valence electrons. The maximum absolute atomic E-state index is 13.1. The molecule has 1 aliphatic heterocycles. The maximum atomic E-state index is 13.1. The lowest BCUT2D eigenvalue weighted by Crippen LogP contribution is -2.64. The fourth-order valence-electron chi connectivity index (χ4n) is 4.90. The van der Waals surface area contributed by atoms with Crippen LogP contribution in [0.2, 0.25) is 0 Å². The van der Waals surface area contributed by atoms with Crippen molar-refractivity contribution in [3.8, 4) is 0 Å². The highest BCUT2D eigenvalue weighted by atomic mass is 16.3. The van der Waals surface area contributed by atoms with Crippen LogP contribution in [-0.4, -0.2) is 28.3 Å². The maximum Gasteiger partial charge on any atom is 0.238 e. The van der Waals surface area contributed by atoms with Crippen LogP contribution in [0, 0.1) is 29.6 Å². The van der Waals surface area contributed by atoms with Gasteiger partial charge in [-0.3, -0.25) is 19.3 Å². The number of carbonyl (C=O) groups excluding carboxylic acids is 3. The zero-order valence-electron chi connectivity index (χ0n) is 14.5. The van der Waals surface area contributed by atoms with Gasteiger partial charge in [0.05, 0.1) is 23.4 Å². The van der Waals surface area contributed by atoms with Crippen LogP contribution in [0.5, 0.6) is 0 Å². The summed E-state index contributed by atoms with van der Waals surface area (Å²) < 4.78 is 0. The molecule has 2 bridgehead atoms. The van der Waals surface area contributed by atoms with E-state index in [1.807, 2.05) is 19.1 Å². The molecule has 1 N–H and O–H groups in total. The Morgan fingerprint density at radius 1 is 1.04 bits per heavy atom. The van der Waals surface area contributed by atoms with Gasteiger partial charge in [-0.25, -0.2) is 0 Å². The summed E-state index contributed by atoms with van der Waals surface area (Å²) in [5.41, 5.74) is -0.282. The largest absolute Gasteiger partial charge is 0.381 e. The first-order chi connectivity index (χ1) is 11.8. The van der Waals surface area contributed by atoms with Gasteiger partial charge in [0.15, 0.2) is 5.78 Å². The molecule has 0 radical (unpaired) electrons. The summed E-state index contributed by atoms with van der Waals surface area (Å²) in [6, 6.07) is 8.78. The first-order valence-electron chi connectivity index (χ1n) is 8.68. The standard InChI is InChI=1S/C20H21NO4/c1-10(2)20(25)13-9-11(3)14(17(20)22)16-15(13)18(23)21(19(16)24)12-7-5-4-6-8-12/h4-10,13-16,25H,1-3H3. The minimum Gasteiger partial charge on any atom is -0.381 e. The lowest BCUT2D eigenvalue weighted by Gasteiger charge is -2.51. The number of para-hydroxylation sites is 1. The molecule has 2 fully saturated rings. The van der Waals surface area contributed by atoms with Crippen LogP contribution in [0.15, 0.2) is 42.0 Å². The van der Waals surface area contributed by atoms with Crippen molar-refractivity contribution in [2.75, 3.05) is 4.90 Å². The molecule has 5 heteroatoms. The van der Waals surface area contributed by atoms with Crippen molar-refractivity contribution in [1.29, 1.82) is 0 Å². The minimum atomic E-state index is -1.59. The van der Waals surface area contributed by atoms with E-state index in [0.717, 1.165) is 5.57 Å². The van der Waals surface area contributed by atoms with Crippen molar-refractivity contribution in [2.24, 2.45) is 29.6 Å². The van der Waals surface area contributed by atoms with Crippen LogP contribution in [0.4, 0.5) is 5.69 Å². The van der Waals surface area contributed by atoms with E-state index in [0.29, 0.717) is 5.69 Å². The molecular formula is C20H21NO4. The van der Waals surface area contributed by atoms with Crippen LogP contribution < -0.4 is 4.90 Å². The van der Waals surface area contributed by atoms with Gasteiger partial charge in [-0.2, -0.15) is 0 Å². The smallest absolute Gasteiger partial charge is 0.238 e. The van der Waals surface area contributed by atoms with Crippen molar-refractivity contribution in [1.82, 2.24) is 0 Å². The Hall–Kier alpha value is -2.27. The van der Waals surface area contributed by atoms with E-state index in [9.17, 15) is 19.5 Å². The molecule has 3 aliphatic carbocycles. The van der Waals surface area contributed by atoms with E-state index < -0.39 is 29.3 Å². The number of hydrogen-bond acceptors (Lipinski definition) is 4. The highest BCUT2D eigenvalue weighted by Crippen LogP contribution is 2.56. The summed E-state index contributed by atoms with van der Waals surface area (Å²) in [4.78, 5) is 40.4. The van der Waals surface area contributed by atoms with Crippen LogP contribution >= 0.6 is 0 Å². The van der Waals surface area contributed by atoms with Gasteiger partial charge in [-0.15, -0.1) is 0 Å². The molecule has 0 aromatic heterocycles. The molecule has 5 rings (SSSR count). The van der Waals surface area contributed by atoms with Gasteiger partial charge < -0.3 is 5.11 Å². The van der Waals surface area contributed by atoms with Crippen LogP contribution in [-0.2, 0) is 14.4 Å². The van der Waals surface area contributed by atoms with Gasteiger partial charge in [0.1, 0.15) is 5.60 Å². The molecule has 5 unspecified atom stereocenters. The van der Waals surface area contributed by atoms with Crippen LogP contribution in [0.3, 0.4) is 0 Å². The number of hydrogen-bond donors (Lipinski definition) is 1. The predicted octanol–water partition coefficient (Wildman–Crippen LogP) is 1.95. The molecule has 1 saturated carbocycles. The van der Waals surface area contributed by atoms with Crippen molar-refractivity contribution in [3.63, 3.8) is 0 Å². The molecule has 4 aliphatic rings. The zero-order chi connectivity index (χ0) is 18.1. The van der Waals surface area contributed by atoms with Crippen molar-refractivity contribution in [3.05, 3.63) is 42.0 Å². The van der Waals surface area contributed by atoms with Crippen LogP contribution in [0.1, 0.15) is 20.8 Å². The summed E-state index contributed by atoms with van der Waals surface area (Å²) in [7, 11) is 0. The Morgan fingerprint density at radius 2 is 1.64 bits per heavy atom. The first-order valence-corrected chi connectivity index (χ1v) is 8.68. The molecule has 2 amide bonds. The third-order valence-electron chi connectivity index (χ3n) is 6.16. The number of ketones is 1. The number of nitrogens with zero attached hydrogens (tertiary/aromatic N) is 1. The van der Waals surface area contributed by atoms with Gasteiger partial charge in [0.2, 0.25) is 11.8 Å². The van der Waals surface area contributed by atoms with E-state index in [2.05, 4.69) is 0 Å². The molecule has 1 heterocycles. The Kier molecular flexibility index (Phi) is 3.32. The lowest BCUT2D eigenvalue weighted by molar-refractivity contribution is -0.171. The van der Waals surface area contributed by atoms with Gasteiger partial charge in [0, 0.05) is 5.92 Å². The van der Waals surface area contributed by atoms with Crippen LogP contribution in [0.25, 0.3) is 0 Å². The Labute approximate surface area is 146 Å². The monoisotopic (exact) mass is 339 g/mol. The highest BCUT2D eigenvalue weighted by Gasteiger charge is 2.69. The summed E-state index contributed by atoms with van der Waals surface area (Å²) in [5, 5.41) is 11.2. The van der Waals surface area contributed by atoms with Gasteiger partial charge in [0.25, 0.3) is 0 Å². The number of benzene rings is 1. The average Bonchev–Trinajstić information content (AvgIpc) is 2.84. The van der Waals surface area contributed by atoms with Gasteiger partial charge in [-0.1, -0.05) is 43.7 Å². The number of anilines is 1. The van der Waals surface area contributed by atoms with E-state index in [1.165, 1.54) is 4.90 Å². The Morgan fingerprint density at radius 3 is 2.24 bits per heavy atom. The molecule has 25 heavy (non-hydrogen) atoms. The van der Waals surface area contributed by atoms with Gasteiger partial charge in [-0.05, 0) is 25.0 Å². The molecule has 5 nitrogen and oxygen atoms in total. The molecule has 0 spiro atoms. The normalized spacial score (nSPS) is 36.9. The fourth-order valence-corrected chi connectivity index (χ4v) is 4.90. The summed E-state index contributed by atoms with van der Waals surface area (Å²) in [6.07, 6.45) is 1.84. The predicted molar refractivity (Wildman–Crippen MR) is 91.4 cm³/mol. The number of rotatable bonds is 2. The molecule has 1 saturated heterocycles. The van der Waals surface area contributed by atoms with Crippen molar-refractivity contribution >= 4 is 23.3 Å².